The van der Waals surface area contributed by atoms with Crippen molar-refractivity contribution in [1.82, 2.24) is 5.32 Å². The van der Waals surface area contributed by atoms with Crippen LogP contribution in [0.4, 0.5) is 4.79 Å². The number of hydrogen-bond donors (Lipinski definition) is 2. The largest absolute Gasteiger partial charge is 0.351 e. The molecule has 0 radical (unpaired) electrons. The maximum Gasteiger partial charge on any atom is 0.318 e. The minimum atomic E-state index is -0.927. The number of amides is 3. The number of urea groups is 1. The highest BCUT2D eigenvalue weighted by molar-refractivity contribution is 5.95. The van der Waals surface area contributed by atoms with Crippen LogP contribution in [0.1, 0.15) is 13.3 Å². The summed E-state index contributed by atoms with van der Waals surface area (Å²) < 4.78 is 0. The van der Waals surface area contributed by atoms with Gasteiger partial charge in [-0.1, -0.05) is 6.92 Å². The van der Waals surface area contributed by atoms with E-state index in [1.54, 1.807) is 13.0 Å². The second-order valence-corrected chi connectivity index (χ2v) is 1.94. The van der Waals surface area contributed by atoms with Crippen LogP contribution in [0, 0.1) is 17.2 Å². The molecule has 1 atom stereocenters. The molecule has 0 aliphatic carbocycles. The summed E-state index contributed by atoms with van der Waals surface area (Å²) >= 11 is 0. The van der Waals surface area contributed by atoms with Gasteiger partial charge in [0, 0.05) is 0 Å². The van der Waals surface area contributed by atoms with Gasteiger partial charge in [0.15, 0.2) is 0 Å². The van der Waals surface area contributed by atoms with E-state index in [4.69, 9.17) is 5.26 Å². The van der Waals surface area contributed by atoms with Crippen LogP contribution in [0.15, 0.2) is 0 Å². The molecule has 0 bridgehead atoms. The molecule has 0 aromatic heterocycles. The summed E-state index contributed by atoms with van der Waals surface area (Å²) in [6.07, 6.45) is 0.371. The quantitative estimate of drug-likeness (QED) is 0.574. The lowest BCUT2D eigenvalue weighted by atomic mass is 10.1. The third-order valence-corrected chi connectivity index (χ3v) is 1.13. The van der Waals surface area contributed by atoms with Crippen LogP contribution < -0.4 is 11.1 Å². The highest BCUT2D eigenvalue weighted by Crippen LogP contribution is 1.98. The number of hydrogen-bond acceptors (Lipinski definition) is 3. The predicted molar refractivity (Wildman–Crippen MR) is 37.1 cm³/mol. The van der Waals surface area contributed by atoms with Gasteiger partial charge in [-0.15, -0.1) is 0 Å². The van der Waals surface area contributed by atoms with Crippen LogP contribution in [0.2, 0.25) is 0 Å². The zero-order chi connectivity index (χ0) is 8.85. The molecule has 0 rings (SSSR count). The molecular weight excluding hydrogens is 146 g/mol. The van der Waals surface area contributed by atoms with E-state index >= 15 is 0 Å². The highest BCUT2D eigenvalue weighted by atomic mass is 16.2. The fraction of sp³-hybridized carbons (Fsp3) is 0.500. The standard InChI is InChI=1S/C6H9N3O2/c1-2-4(3-7)5(10)9-6(8)11/h4H,2H2,1H3,(H3,8,9,10,11). The van der Waals surface area contributed by atoms with Gasteiger partial charge in [-0.3, -0.25) is 10.1 Å². The fourth-order valence-corrected chi connectivity index (χ4v) is 0.544. The van der Waals surface area contributed by atoms with Crippen molar-refractivity contribution in [2.45, 2.75) is 13.3 Å². The van der Waals surface area contributed by atoms with E-state index in [-0.39, 0.29) is 0 Å². The van der Waals surface area contributed by atoms with E-state index in [9.17, 15) is 9.59 Å². The number of nitrogens with two attached hydrogens (primary N) is 1. The van der Waals surface area contributed by atoms with E-state index in [0.29, 0.717) is 6.42 Å². The van der Waals surface area contributed by atoms with Gasteiger partial charge in [0.2, 0.25) is 5.91 Å². The Morgan fingerprint density at radius 1 is 1.73 bits per heavy atom. The molecule has 0 fully saturated rings. The van der Waals surface area contributed by atoms with Gasteiger partial charge < -0.3 is 5.73 Å². The predicted octanol–water partition coefficient (Wildman–Crippen LogP) is -0.269. The number of nitrogens with zero attached hydrogens (tertiary/aromatic N) is 1. The number of imide groups is 1. The van der Waals surface area contributed by atoms with Crippen LogP contribution >= 0.6 is 0 Å². The fourth-order valence-electron chi connectivity index (χ4n) is 0.544. The molecule has 0 aliphatic rings. The molecule has 0 saturated heterocycles. The Balaban J connectivity index is 4.03. The zero-order valence-corrected chi connectivity index (χ0v) is 6.13. The van der Waals surface area contributed by atoms with E-state index in [1.807, 2.05) is 5.32 Å². The van der Waals surface area contributed by atoms with Gasteiger partial charge in [-0.25, -0.2) is 4.79 Å². The minimum absolute atomic E-state index is 0.371. The molecule has 0 aromatic carbocycles. The summed E-state index contributed by atoms with van der Waals surface area (Å²) in [7, 11) is 0. The lowest BCUT2D eigenvalue weighted by molar-refractivity contribution is -0.122. The zero-order valence-electron chi connectivity index (χ0n) is 6.13. The molecule has 5 nitrogen and oxygen atoms in total. The first-order valence-electron chi connectivity index (χ1n) is 3.11. The smallest absolute Gasteiger partial charge is 0.318 e. The first-order valence-corrected chi connectivity index (χ1v) is 3.11. The van der Waals surface area contributed by atoms with Gasteiger partial charge >= 0.3 is 6.03 Å². The summed E-state index contributed by atoms with van der Waals surface area (Å²) in [5, 5.41) is 10.2. The molecule has 0 saturated carbocycles. The Hall–Kier alpha value is -1.57. The average molecular weight is 155 g/mol. The van der Waals surface area contributed by atoms with E-state index in [0.717, 1.165) is 0 Å². The SMILES string of the molecule is CCC(C#N)C(=O)NC(N)=O. The number of nitrogens with one attached hydrogen (secondary N) is 1. The molecule has 3 N–H and O–H groups in total. The summed E-state index contributed by atoms with van der Waals surface area (Å²) in [5.74, 6) is -1.43. The van der Waals surface area contributed by atoms with Crippen LogP contribution in [-0.4, -0.2) is 11.9 Å². The minimum Gasteiger partial charge on any atom is -0.351 e. The van der Waals surface area contributed by atoms with Crippen molar-refractivity contribution in [2.75, 3.05) is 0 Å². The van der Waals surface area contributed by atoms with Gasteiger partial charge in [0.25, 0.3) is 0 Å². The highest BCUT2D eigenvalue weighted by Gasteiger charge is 2.15. The Morgan fingerprint density at radius 3 is 2.55 bits per heavy atom. The van der Waals surface area contributed by atoms with Crippen molar-refractivity contribution >= 4 is 11.9 Å². The van der Waals surface area contributed by atoms with Crippen molar-refractivity contribution in [3.8, 4) is 6.07 Å². The van der Waals surface area contributed by atoms with Crippen molar-refractivity contribution < 1.29 is 9.59 Å². The first kappa shape index (κ1) is 9.43. The van der Waals surface area contributed by atoms with Crippen LogP contribution in [0.5, 0.6) is 0 Å². The molecule has 0 aliphatic heterocycles. The van der Waals surface area contributed by atoms with E-state index in [1.165, 1.54) is 0 Å². The van der Waals surface area contributed by atoms with Crippen LogP contribution in [0.3, 0.4) is 0 Å². The third kappa shape index (κ3) is 3.20. The third-order valence-electron chi connectivity index (χ3n) is 1.13. The molecule has 1 unspecified atom stereocenters. The van der Waals surface area contributed by atoms with Crippen molar-refractivity contribution in [2.24, 2.45) is 11.7 Å². The van der Waals surface area contributed by atoms with Gasteiger partial charge in [0.05, 0.1) is 6.07 Å². The summed E-state index contributed by atoms with van der Waals surface area (Å²) in [4.78, 5) is 20.9. The maximum absolute atomic E-state index is 10.8. The van der Waals surface area contributed by atoms with Gasteiger partial charge in [0.1, 0.15) is 5.92 Å². The molecule has 60 valence electrons. The summed E-state index contributed by atoms with van der Waals surface area (Å²) in [6, 6.07) is 0.810. The topological polar surface area (TPSA) is 96.0 Å². The lowest BCUT2D eigenvalue weighted by Crippen LogP contribution is -2.38. The molecule has 11 heavy (non-hydrogen) atoms. The Kier molecular flexibility index (Phi) is 3.67. The number of nitriles is 1. The maximum atomic E-state index is 10.8. The van der Waals surface area contributed by atoms with Crippen LogP contribution in [-0.2, 0) is 4.79 Å². The normalized spacial score (nSPS) is 11.3. The molecule has 3 amide bonds. The number of carbonyl (C=O) groups excluding carboxylic acids is 2. The van der Waals surface area contributed by atoms with Gasteiger partial charge in [-0.2, -0.15) is 5.26 Å². The second-order valence-electron chi connectivity index (χ2n) is 1.94. The Labute approximate surface area is 64.2 Å². The number of primary amides is 1. The van der Waals surface area contributed by atoms with E-state index < -0.39 is 17.9 Å². The number of carbonyl (C=O) groups is 2. The average Bonchev–Trinajstić information content (AvgIpc) is 1.88. The van der Waals surface area contributed by atoms with Crippen LogP contribution in [0.25, 0.3) is 0 Å². The Morgan fingerprint density at radius 2 is 2.27 bits per heavy atom. The summed E-state index contributed by atoms with van der Waals surface area (Å²) in [5.41, 5.74) is 4.66. The van der Waals surface area contributed by atoms with Crippen molar-refractivity contribution in [3.63, 3.8) is 0 Å². The van der Waals surface area contributed by atoms with Crippen molar-refractivity contribution in [3.05, 3.63) is 0 Å². The lowest BCUT2D eigenvalue weighted by Gasteiger charge is -2.02. The molecule has 0 spiro atoms. The molecular formula is C6H9N3O2. The number of rotatable bonds is 2. The molecule has 0 heterocycles. The van der Waals surface area contributed by atoms with E-state index in [2.05, 4.69) is 5.73 Å². The second kappa shape index (κ2) is 4.28. The molecule has 0 aromatic rings. The Bertz CT molecular complexity index is 206. The monoisotopic (exact) mass is 155 g/mol. The van der Waals surface area contributed by atoms with Gasteiger partial charge in [-0.05, 0) is 6.42 Å². The van der Waals surface area contributed by atoms with Crippen molar-refractivity contribution in [1.29, 1.82) is 5.26 Å². The summed E-state index contributed by atoms with van der Waals surface area (Å²) in [6.45, 7) is 1.68. The first-order chi connectivity index (χ1) is 5.11. The molecule has 5 heteroatoms.